The molecule has 2 aromatic heterocycles. The van der Waals surface area contributed by atoms with E-state index in [1.807, 2.05) is 12.1 Å². The van der Waals surface area contributed by atoms with Crippen molar-refractivity contribution in [2.45, 2.75) is 13.0 Å². The van der Waals surface area contributed by atoms with E-state index in [0.29, 0.717) is 5.88 Å². The normalized spacial score (nSPS) is 11.3. The molecule has 0 atom stereocenters. The summed E-state index contributed by atoms with van der Waals surface area (Å²) < 4.78 is 3.42. The van der Waals surface area contributed by atoms with Gasteiger partial charge in [0.2, 0.25) is 0 Å². The van der Waals surface area contributed by atoms with E-state index >= 15 is 0 Å². The second-order valence-electron chi connectivity index (χ2n) is 4.23. The maximum atomic E-state index is 5.89. The summed E-state index contributed by atoms with van der Waals surface area (Å²) in [6.45, 7) is 0.838. The lowest BCUT2D eigenvalue weighted by atomic mass is 10.3. The van der Waals surface area contributed by atoms with Crippen molar-refractivity contribution in [2.75, 3.05) is 5.88 Å². The molecular formula is C14H12BrClN2S. The third kappa shape index (κ3) is 2.57. The minimum absolute atomic E-state index is 0.592. The Bertz CT molecular complexity index is 704. The van der Waals surface area contributed by atoms with Crippen molar-refractivity contribution in [3.63, 3.8) is 0 Å². The molecule has 3 rings (SSSR count). The van der Waals surface area contributed by atoms with Gasteiger partial charge in [-0.2, -0.15) is 0 Å². The molecular weight excluding hydrogens is 344 g/mol. The number of alkyl halides is 1. The molecule has 0 spiro atoms. The minimum atomic E-state index is 0.592. The van der Waals surface area contributed by atoms with Crippen LogP contribution in [0.15, 0.2) is 40.2 Å². The molecule has 0 saturated carbocycles. The van der Waals surface area contributed by atoms with Crippen LogP contribution in [0, 0.1) is 0 Å². The van der Waals surface area contributed by atoms with E-state index in [1.54, 1.807) is 11.3 Å². The van der Waals surface area contributed by atoms with Crippen LogP contribution >= 0.6 is 38.9 Å². The van der Waals surface area contributed by atoms with Crippen LogP contribution in [-0.4, -0.2) is 15.4 Å². The first-order valence-corrected chi connectivity index (χ1v) is 8.22. The highest BCUT2D eigenvalue weighted by Crippen LogP contribution is 2.26. The van der Waals surface area contributed by atoms with Crippen molar-refractivity contribution in [3.8, 4) is 0 Å². The summed E-state index contributed by atoms with van der Waals surface area (Å²) in [5, 5.41) is 2.10. The van der Waals surface area contributed by atoms with E-state index in [4.69, 9.17) is 11.6 Å². The number of thiophene rings is 1. The van der Waals surface area contributed by atoms with Crippen molar-refractivity contribution in [3.05, 3.63) is 50.9 Å². The molecule has 0 aliphatic carbocycles. The standard InChI is InChI=1S/C14H12BrClN2S/c15-10-6-8-19-13(10)9-18-12-4-2-1-3-11(12)17-14(18)5-7-16/h1-4,6,8H,5,7,9H2. The van der Waals surface area contributed by atoms with Crippen LogP contribution in [0.2, 0.25) is 0 Å². The quantitative estimate of drug-likeness (QED) is 0.621. The van der Waals surface area contributed by atoms with Gasteiger partial charge in [-0.1, -0.05) is 12.1 Å². The molecule has 0 unspecified atom stereocenters. The summed E-state index contributed by atoms with van der Waals surface area (Å²) in [5.41, 5.74) is 2.21. The molecule has 5 heteroatoms. The zero-order chi connectivity index (χ0) is 13.2. The molecule has 0 aliphatic heterocycles. The zero-order valence-corrected chi connectivity index (χ0v) is 13.3. The first kappa shape index (κ1) is 13.2. The number of para-hydroxylation sites is 2. The maximum Gasteiger partial charge on any atom is 0.111 e. The number of halogens is 2. The van der Waals surface area contributed by atoms with Gasteiger partial charge in [0.05, 0.1) is 17.6 Å². The lowest BCUT2D eigenvalue weighted by molar-refractivity contribution is 0.761. The van der Waals surface area contributed by atoms with E-state index in [-0.39, 0.29) is 0 Å². The monoisotopic (exact) mass is 354 g/mol. The first-order chi connectivity index (χ1) is 9.29. The van der Waals surface area contributed by atoms with Crippen LogP contribution in [0.4, 0.5) is 0 Å². The molecule has 1 aromatic carbocycles. The maximum absolute atomic E-state index is 5.89. The Balaban J connectivity index is 2.09. The Morgan fingerprint density at radius 3 is 2.84 bits per heavy atom. The second-order valence-corrected chi connectivity index (χ2v) is 6.47. The molecule has 3 aromatic rings. The van der Waals surface area contributed by atoms with Crippen molar-refractivity contribution in [1.29, 1.82) is 0 Å². The van der Waals surface area contributed by atoms with Crippen LogP contribution in [-0.2, 0) is 13.0 Å². The van der Waals surface area contributed by atoms with Crippen LogP contribution < -0.4 is 0 Å². The highest BCUT2D eigenvalue weighted by molar-refractivity contribution is 9.10. The van der Waals surface area contributed by atoms with Gasteiger partial charge in [-0.25, -0.2) is 4.98 Å². The highest BCUT2D eigenvalue weighted by Gasteiger charge is 2.12. The topological polar surface area (TPSA) is 17.8 Å². The van der Waals surface area contributed by atoms with E-state index in [2.05, 4.69) is 49.1 Å². The summed E-state index contributed by atoms with van der Waals surface area (Å²) in [6.07, 6.45) is 0.791. The summed E-state index contributed by atoms with van der Waals surface area (Å²) >= 11 is 11.2. The predicted molar refractivity (Wildman–Crippen MR) is 85.3 cm³/mol. The van der Waals surface area contributed by atoms with Crippen molar-refractivity contribution in [2.24, 2.45) is 0 Å². The van der Waals surface area contributed by atoms with Gasteiger partial charge < -0.3 is 4.57 Å². The molecule has 0 saturated heterocycles. The van der Waals surface area contributed by atoms with Gasteiger partial charge in [-0.15, -0.1) is 22.9 Å². The summed E-state index contributed by atoms with van der Waals surface area (Å²) in [4.78, 5) is 5.99. The predicted octanol–water partition coefficient (Wildman–Crippen LogP) is 4.69. The third-order valence-electron chi connectivity index (χ3n) is 3.04. The summed E-state index contributed by atoms with van der Waals surface area (Å²) in [5.74, 6) is 1.64. The third-order valence-corrected chi connectivity index (χ3v) is 5.14. The lowest BCUT2D eigenvalue weighted by Gasteiger charge is -2.07. The molecule has 0 aliphatic rings. The van der Waals surface area contributed by atoms with Gasteiger partial charge in [0.25, 0.3) is 0 Å². The van der Waals surface area contributed by atoms with Crippen LogP contribution in [0.5, 0.6) is 0 Å². The number of nitrogens with zero attached hydrogens (tertiary/aromatic N) is 2. The molecule has 2 heterocycles. The fourth-order valence-corrected chi connectivity index (χ4v) is 3.79. The Hall–Kier alpha value is -0.840. The SMILES string of the molecule is ClCCc1nc2ccccc2n1Cc1sccc1Br. The number of aromatic nitrogens is 2. The lowest BCUT2D eigenvalue weighted by Crippen LogP contribution is -2.05. The number of rotatable bonds is 4. The van der Waals surface area contributed by atoms with Gasteiger partial charge in [0, 0.05) is 21.7 Å². The number of hydrogen-bond donors (Lipinski definition) is 0. The van der Waals surface area contributed by atoms with E-state index in [0.717, 1.165) is 28.8 Å². The number of hydrogen-bond acceptors (Lipinski definition) is 2. The molecule has 0 bridgehead atoms. The van der Waals surface area contributed by atoms with Crippen LogP contribution in [0.3, 0.4) is 0 Å². The first-order valence-electron chi connectivity index (χ1n) is 6.01. The average Bonchev–Trinajstić information content (AvgIpc) is 2.96. The Morgan fingerprint density at radius 1 is 1.26 bits per heavy atom. The Morgan fingerprint density at radius 2 is 2.11 bits per heavy atom. The van der Waals surface area contributed by atoms with Gasteiger partial charge >= 0.3 is 0 Å². The van der Waals surface area contributed by atoms with Crippen molar-refractivity contribution < 1.29 is 0 Å². The van der Waals surface area contributed by atoms with Crippen molar-refractivity contribution in [1.82, 2.24) is 9.55 Å². The van der Waals surface area contributed by atoms with E-state index in [1.165, 1.54) is 10.4 Å². The Kier molecular flexibility index (Phi) is 3.91. The second kappa shape index (κ2) is 5.65. The van der Waals surface area contributed by atoms with Crippen molar-refractivity contribution >= 4 is 49.9 Å². The van der Waals surface area contributed by atoms with Gasteiger partial charge in [0.1, 0.15) is 5.82 Å². The van der Waals surface area contributed by atoms with Crippen LogP contribution in [0.1, 0.15) is 10.7 Å². The molecule has 0 fully saturated rings. The Labute approximate surface area is 129 Å². The van der Waals surface area contributed by atoms with Gasteiger partial charge in [-0.3, -0.25) is 0 Å². The average molecular weight is 356 g/mol. The fraction of sp³-hybridized carbons (Fsp3) is 0.214. The van der Waals surface area contributed by atoms with Crippen LogP contribution in [0.25, 0.3) is 11.0 Å². The molecule has 19 heavy (non-hydrogen) atoms. The molecule has 0 radical (unpaired) electrons. The fourth-order valence-electron chi connectivity index (χ4n) is 2.16. The van der Waals surface area contributed by atoms with E-state index < -0.39 is 0 Å². The number of fused-ring (bicyclic) bond motifs is 1. The number of benzene rings is 1. The molecule has 0 N–H and O–H groups in total. The number of aryl methyl sites for hydroxylation is 1. The molecule has 2 nitrogen and oxygen atoms in total. The van der Waals surface area contributed by atoms with Gasteiger partial charge in [-0.05, 0) is 39.5 Å². The smallest absolute Gasteiger partial charge is 0.111 e. The van der Waals surface area contributed by atoms with E-state index in [9.17, 15) is 0 Å². The summed E-state index contributed by atoms with van der Waals surface area (Å²) in [7, 11) is 0. The zero-order valence-electron chi connectivity index (χ0n) is 10.1. The number of imidazole rings is 1. The van der Waals surface area contributed by atoms with Gasteiger partial charge in [0.15, 0.2) is 0 Å². The molecule has 0 amide bonds. The summed E-state index contributed by atoms with van der Waals surface area (Å²) in [6, 6.07) is 10.3. The minimum Gasteiger partial charge on any atom is -0.323 e. The largest absolute Gasteiger partial charge is 0.323 e. The highest BCUT2D eigenvalue weighted by atomic mass is 79.9. The molecule has 98 valence electrons.